The van der Waals surface area contributed by atoms with Gasteiger partial charge in [-0.25, -0.2) is 0 Å². The maximum atomic E-state index is 5.38. The van der Waals surface area contributed by atoms with Gasteiger partial charge in [-0.2, -0.15) is 0 Å². The molecule has 0 aliphatic carbocycles. The highest BCUT2D eigenvalue weighted by Crippen LogP contribution is 2.17. The predicted molar refractivity (Wildman–Crippen MR) is 63.5 cm³/mol. The van der Waals surface area contributed by atoms with Crippen LogP contribution in [0.1, 0.15) is 43.4 Å². The molecule has 0 N–H and O–H groups in total. The summed E-state index contributed by atoms with van der Waals surface area (Å²) in [6.07, 6.45) is 1.72. The topological polar surface area (TPSA) is 29.9 Å². The molecule has 1 atom stereocenters. The molecule has 2 rings (SSSR count). The third-order valence-corrected chi connectivity index (χ3v) is 3.65. The minimum absolute atomic E-state index is 0.363. The van der Waals surface area contributed by atoms with Crippen molar-refractivity contribution in [1.82, 2.24) is 5.10 Å². The molecular weight excluding hydrogens is 220 g/mol. The monoisotopic (exact) mass is 237 g/mol. The Hall–Kier alpha value is -1.16. The summed E-state index contributed by atoms with van der Waals surface area (Å²) in [5, 5.41) is 5.74. The van der Waals surface area contributed by atoms with E-state index in [4.69, 9.17) is 4.42 Å². The highest BCUT2D eigenvalue weighted by atomic mass is 32.1. The van der Waals surface area contributed by atoms with E-state index in [0.717, 1.165) is 12.3 Å². The lowest BCUT2D eigenvalue weighted by atomic mass is 10.1. The first-order valence-electron chi connectivity index (χ1n) is 5.55. The van der Waals surface area contributed by atoms with Gasteiger partial charge in [-0.15, -0.1) is 0 Å². The number of aromatic nitrogens is 2. The molecule has 0 radical (unpaired) electrons. The Labute approximate surface area is 99.7 Å². The number of furan rings is 1. The van der Waals surface area contributed by atoms with Gasteiger partial charge in [0.1, 0.15) is 5.76 Å². The van der Waals surface area contributed by atoms with Crippen LogP contribution >= 0.6 is 11.3 Å². The van der Waals surface area contributed by atoms with E-state index in [2.05, 4.69) is 31.4 Å². The Kier molecular flexibility index (Phi) is 3.39. The van der Waals surface area contributed by atoms with E-state index in [1.807, 2.05) is 16.8 Å². The zero-order valence-electron chi connectivity index (χ0n) is 9.88. The van der Waals surface area contributed by atoms with Gasteiger partial charge in [0.25, 0.3) is 5.51 Å². The van der Waals surface area contributed by atoms with E-state index in [-0.39, 0.29) is 0 Å². The van der Waals surface area contributed by atoms with Crippen LogP contribution in [0.3, 0.4) is 0 Å². The summed E-state index contributed by atoms with van der Waals surface area (Å²) in [5.41, 5.74) is 2.08. The predicted octanol–water partition coefficient (Wildman–Crippen LogP) is 2.95. The van der Waals surface area contributed by atoms with Crippen molar-refractivity contribution in [1.29, 1.82) is 0 Å². The van der Waals surface area contributed by atoms with Gasteiger partial charge in [0, 0.05) is 11.0 Å². The third kappa shape index (κ3) is 2.50. The fourth-order valence-corrected chi connectivity index (χ4v) is 2.35. The molecule has 0 saturated carbocycles. The second kappa shape index (κ2) is 4.78. The molecule has 3 nitrogen and oxygen atoms in total. The van der Waals surface area contributed by atoms with E-state index in [1.165, 1.54) is 5.01 Å². The Morgan fingerprint density at radius 3 is 2.81 bits per heavy atom. The van der Waals surface area contributed by atoms with Gasteiger partial charge in [0.15, 0.2) is 11.6 Å². The van der Waals surface area contributed by atoms with E-state index in [9.17, 15) is 0 Å². The first-order chi connectivity index (χ1) is 7.66. The summed E-state index contributed by atoms with van der Waals surface area (Å²) >= 11 is 1.72. The zero-order valence-corrected chi connectivity index (χ0v) is 10.7. The lowest BCUT2D eigenvalue weighted by molar-refractivity contribution is -0.751. The second-order valence-electron chi connectivity index (χ2n) is 4.35. The van der Waals surface area contributed by atoms with Crippen LogP contribution in [0, 0.1) is 0 Å². The van der Waals surface area contributed by atoms with E-state index in [0.29, 0.717) is 11.8 Å². The van der Waals surface area contributed by atoms with E-state index < -0.39 is 0 Å². The average molecular weight is 237 g/mol. The standard InChI is InChI=1S/C12H17N2OS/c1-9(2)12-13-14(8-16-12)7-10(3)11-5-4-6-15-11/h4-6,8-10H,7H2,1-3H3/q+1. The second-order valence-corrected chi connectivity index (χ2v) is 5.22. The summed E-state index contributed by atoms with van der Waals surface area (Å²) in [6, 6.07) is 3.94. The molecule has 2 heterocycles. The number of hydrogen-bond donors (Lipinski definition) is 0. The highest BCUT2D eigenvalue weighted by Gasteiger charge is 2.18. The van der Waals surface area contributed by atoms with Crippen LogP contribution in [0.15, 0.2) is 28.3 Å². The normalized spacial score (nSPS) is 13.2. The maximum Gasteiger partial charge on any atom is 0.253 e. The van der Waals surface area contributed by atoms with Gasteiger partial charge in [-0.1, -0.05) is 29.9 Å². The Balaban J connectivity index is 2.03. The van der Waals surface area contributed by atoms with Crippen LogP contribution in [0.5, 0.6) is 0 Å². The Morgan fingerprint density at radius 2 is 2.25 bits per heavy atom. The van der Waals surface area contributed by atoms with Crippen LogP contribution < -0.4 is 4.68 Å². The molecule has 0 aromatic carbocycles. The summed E-state index contributed by atoms with van der Waals surface area (Å²) < 4.78 is 7.39. The smallest absolute Gasteiger partial charge is 0.253 e. The minimum atomic E-state index is 0.363. The molecule has 16 heavy (non-hydrogen) atoms. The van der Waals surface area contributed by atoms with Crippen molar-refractivity contribution in [2.45, 2.75) is 39.2 Å². The molecule has 0 fully saturated rings. The largest absolute Gasteiger partial charge is 0.469 e. The molecule has 1 unspecified atom stereocenters. The molecule has 0 saturated heterocycles. The first kappa shape index (κ1) is 11.3. The molecule has 0 bridgehead atoms. The highest BCUT2D eigenvalue weighted by molar-refractivity contribution is 7.09. The first-order valence-corrected chi connectivity index (χ1v) is 6.43. The number of rotatable bonds is 4. The van der Waals surface area contributed by atoms with Crippen LogP contribution in [-0.4, -0.2) is 5.10 Å². The number of nitrogens with zero attached hydrogens (tertiary/aromatic N) is 2. The zero-order chi connectivity index (χ0) is 11.5. The molecule has 0 spiro atoms. The van der Waals surface area contributed by atoms with Crippen LogP contribution in [0.2, 0.25) is 0 Å². The van der Waals surface area contributed by atoms with Gasteiger partial charge < -0.3 is 4.42 Å². The van der Waals surface area contributed by atoms with Gasteiger partial charge >= 0.3 is 0 Å². The average Bonchev–Trinajstić information content (AvgIpc) is 2.87. The van der Waals surface area contributed by atoms with Crippen LogP contribution in [0.25, 0.3) is 0 Å². The van der Waals surface area contributed by atoms with E-state index in [1.54, 1.807) is 17.6 Å². The fraction of sp³-hybridized carbons (Fsp3) is 0.500. The van der Waals surface area contributed by atoms with Crippen molar-refractivity contribution >= 4 is 11.3 Å². The van der Waals surface area contributed by atoms with Crippen LogP contribution in [-0.2, 0) is 6.54 Å². The van der Waals surface area contributed by atoms with E-state index >= 15 is 0 Å². The molecule has 86 valence electrons. The van der Waals surface area contributed by atoms with Crippen molar-refractivity contribution in [2.24, 2.45) is 0 Å². The lowest BCUT2D eigenvalue weighted by Crippen LogP contribution is -2.37. The van der Waals surface area contributed by atoms with Crippen LogP contribution in [0.4, 0.5) is 0 Å². The minimum Gasteiger partial charge on any atom is -0.469 e. The van der Waals surface area contributed by atoms with Crippen molar-refractivity contribution in [3.63, 3.8) is 0 Å². The molecule has 0 amide bonds. The molecule has 4 heteroatoms. The Bertz CT molecular complexity index is 434. The van der Waals surface area contributed by atoms with Crippen molar-refractivity contribution < 1.29 is 9.10 Å². The van der Waals surface area contributed by atoms with Gasteiger partial charge in [-0.05, 0) is 19.1 Å². The quantitative estimate of drug-likeness (QED) is 0.765. The van der Waals surface area contributed by atoms with Crippen molar-refractivity contribution in [2.75, 3.05) is 0 Å². The number of hydrogen-bond acceptors (Lipinski definition) is 3. The Morgan fingerprint density at radius 1 is 1.44 bits per heavy atom. The summed E-state index contributed by atoms with van der Waals surface area (Å²) in [6.45, 7) is 7.36. The molecule has 0 aliphatic heterocycles. The summed E-state index contributed by atoms with van der Waals surface area (Å²) in [4.78, 5) is 0. The van der Waals surface area contributed by atoms with Gasteiger partial charge in [0.05, 0.1) is 12.2 Å². The summed E-state index contributed by atoms with van der Waals surface area (Å²) in [7, 11) is 0. The SMILES string of the molecule is CC(C)c1n[n+](CC(C)c2ccco2)cs1. The fourth-order valence-electron chi connectivity index (χ4n) is 1.57. The van der Waals surface area contributed by atoms with Gasteiger partial charge in [-0.3, -0.25) is 0 Å². The van der Waals surface area contributed by atoms with Crippen molar-refractivity contribution in [3.8, 4) is 0 Å². The molecule has 2 aromatic heterocycles. The molecule has 2 aromatic rings. The van der Waals surface area contributed by atoms with Gasteiger partial charge in [0.2, 0.25) is 0 Å². The molecule has 0 aliphatic rings. The maximum absolute atomic E-state index is 5.38. The molecular formula is C12H17N2OS+. The van der Waals surface area contributed by atoms with Crippen molar-refractivity contribution in [3.05, 3.63) is 34.7 Å². The lowest BCUT2D eigenvalue weighted by Gasteiger charge is -2.00. The summed E-state index contributed by atoms with van der Waals surface area (Å²) in [5.74, 6) is 1.89. The third-order valence-electron chi connectivity index (χ3n) is 2.51.